The number of carbonyl (C=O) groups excluding carboxylic acids is 3. The van der Waals surface area contributed by atoms with E-state index in [0.29, 0.717) is 28.1 Å². The van der Waals surface area contributed by atoms with Crippen LogP contribution in [0.5, 0.6) is 5.75 Å². The Morgan fingerprint density at radius 1 is 0.871 bits per heavy atom. The van der Waals surface area contributed by atoms with Crippen LogP contribution in [-0.4, -0.2) is 24.0 Å². The SMILES string of the molecule is N#Cc1ccc(NC(=O)C(=O)N/N=C/c2ccc(OC(=O)c3ccccc3)cc2)cc1. The third-order valence-electron chi connectivity index (χ3n) is 3.96. The lowest BCUT2D eigenvalue weighted by atomic mass is 10.2. The van der Waals surface area contributed by atoms with Gasteiger partial charge in [-0.05, 0) is 66.2 Å². The minimum Gasteiger partial charge on any atom is -0.423 e. The molecule has 0 saturated carbocycles. The molecule has 0 unspecified atom stereocenters. The largest absolute Gasteiger partial charge is 0.423 e. The lowest BCUT2D eigenvalue weighted by Crippen LogP contribution is -2.32. The molecule has 2 amide bonds. The normalized spacial score (nSPS) is 10.2. The lowest BCUT2D eigenvalue weighted by Gasteiger charge is -2.05. The molecule has 0 saturated heterocycles. The van der Waals surface area contributed by atoms with Crippen LogP contribution in [0.15, 0.2) is 84.0 Å². The summed E-state index contributed by atoms with van der Waals surface area (Å²) in [6, 6.07) is 23.1. The zero-order chi connectivity index (χ0) is 22.1. The van der Waals surface area contributed by atoms with Crippen molar-refractivity contribution >= 4 is 29.7 Å². The van der Waals surface area contributed by atoms with Gasteiger partial charge in [0.2, 0.25) is 0 Å². The molecule has 0 aliphatic rings. The molecule has 3 aromatic carbocycles. The van der Waals surface area contributed by atoms with E-state index in [1.165, 1.54) is 30.5 Å². The highest BCUT2D eigenvalue weighted by atomic mass is 16.5. The van der Waals surface area contributed by atoms with Gasteiger partial charge in [0, 0.05) is 5.69 Å². The number of nitrogens with one attached hydrogen (secondary N) is 2. The number of benzene rings is 3. The van der Waals surface area contributed by atoms with Gasteiger partial charge in [0.15, 0.2) is 0 Å². The number of hydrogen-bond acceptors (Lipinski definition) is 6. The number of hydrazone groups is 1. The van der Waals surface area contributed by atoms with E-state index in [2.05, 4.69) is 15.8 Å². The lowest BCUT2D eigenvalue weighted by molar-refractivity contribution is -0.136. The Hall–Kier alpha value is -4.77. The average molecular weight is 412 g/mol. The summed E-state index contributed by atoms with van der Waals surface area (Å²) in [5.41, 5.74) is 4.00. The van der Waals surface area contributed by atoms with E-state index in [4.69, 9.17) is 10.00 Å². The molecule has 31 heavy (non-hydrogen) atoms. The van der Waals surface area contributed by atoms with Crippen molar-refractivity contribution in [2.24, 2.45) is 5.10 Å². The summed E-state index contributed by atoms with van der Waals surface area (Å²) >= 11 is 0. The zero-order valence-corrected chi connectivity index (χ0v) is 16.1. The quantitative estimate of drug-likeness (QED) is 0.219. The number of anilines is 1. The van der Waals surface area contributed by atoms with Crippen LogP contribution in [0.25, 0.3) is 0 Å². The Labute approximate surface area is 177 Å². The van der Waals surface area contributed by atoms with Crippen LogP contribution in [0, 0.1) is 11.3 Å². The summed E-state index contributed by atoms with van der Waals surface area (Å²) in [5.74, 6) is -1.96. The molecule has 0 atom stereocenters. The van der Waals surface area contributed by atoms with Crippen LogP contribution in [0.4, 0.5) is 5.69 Å². The van der Waals surface area contributed by atoms with Gasteiger partial charge in [-0.3, -0.25) is 9.59 Å². The van der Waals surface area contributed by atoms with E-state index in [0.717, 1.165) is 0 Å². The minimum absolute atomic E-state index is 0.358. The Morgan fingerprint density at radius 2 is 1.55 bits per heavy atom. The molecule has 8 heteroatoms. The van der Waals surface area contributed by atoms with Crippen LogP contribution in [0.1, 0.15) is 21.5 Å². The van der Waals surface area contributed by atoms with Crippen molar-refractivity contribution in [1.82, 2.24) is 5.43 Å². The predicted octanol–water partition coefficient (Wildman–Crippen LogP) is 2.87. The van der Waals surface area contributed by atoms with Crippen LogP contribution < -0.4 is 15.5 Å². The van der Waals surface area contributed by atoms with Gasteiger partial charge in [-0.15, -0.1) is 0 Å². The van der Waals surface area contributed by atoms with Crippen LogP contribution in [-0.2, 0) is 9.59 Å². The Bertz CT molecular complexity index is 1150. The Kier molecular flexibility index (Phi) is 6.85. The molecule has 0 aromatic heterocycles. The number of ether oxygens (including phenoxy) is 1. The molecule has 0 spiro atoms. The van der Waals surface area contributed by atoms with Gasteiger partial charge in [0.05, 0.1) is 23.4 Å². The molecule has 0 heterocycles. The third kappa shape index (κ3) is 6.10. The van der Waals surface area contributed by atoms with Gasteiger partial charge < -0.3 is 10.1 Å². The standard InChI is InChI=1S/C23H16N4O4/c24-14-16-6-10-19(11-7-16)26-21(28)22(29)27-25-15-17-8-12-20(13-9-17)31-23(30)18-4-2-1-3-5-18/h1-13,15H,(H,26,28)(H,27,29)/b25-15+. The Morgan fingerprint density at radius 3 is 2.19 bits per heavy atom. The fourth-order valence-corrected chi connectivity index (χ4v) is 2.39. The van der Waals surface area contributed by atoms with Crippen molar-refractivity contribution < 1.29 is 19.1 Å². The van der Waals surface area contributed by atoms with E-state index < -0.39 is 17.8 Å². The first-order valence-electron chi connectivity index (χ1n) is 9.07. The Balaban J connectivity index is 1.49. The molecular formula is C23H16N4O4. The number of amides is 2. The van der Waals surface area contributed by atoms with Gasteiger partial charge in [-0.1, -0.05) is 18.2 Å². The summed E-state index contributed by atoms with van der Waals surface area (Å²) in [6.45, 7) is 0. The maximum absolute atomic E-state index is 12.0. The molecule has 3 aromatic rings. The molecular weight excluding hydrogens is 396 g/mol. The first kappa shape index (κ1) is 21.0. The van der Waals surface area contributed by atoms with Crippen molar-refractivity contribution in [3.05, 3.63) is 95.6 Å². The average Bonchev–Trinajstić information content (AvgIpc) is 2.81. The molecule has 152 valence electrons. The molecule has 0 bridgehead atoms. The molecule has 0 aliphatic carbocycles. The predicted molar refractivity (Wildman–Crippen MR) is 113 cm³/mol. The molecule has 2 N–H and O–H groups in total. The van der Waals surface area contributed by atoms with E-state index >= 15 is 0 Å². The first-order valence-corrected chi connectivity index (χ1v) is 9.07. The van der Waals surface area contributed by atoms with Crippen molar-refractivity contribution in [3.63, 3.8) is 0 Å². The monoisotopic (exact) mass is 412 g/mol. The van der Waals surface area contributed by atoms with Gasteiger partial charge in [0.1, 0.15) is 5.75 Å². The summed E-state index contributed by atoms with van der Waals surface area (Å²) in [4.78, 5) is 35.7. The summed E-state index contributed by atoms with van der Waals surface area (Å²) in [6.07, 6.45) is 1.34. The summed E-state index contributed by atoms with van der Waals surface area (Å²) < 4.78 is 5.28. The molecule has 3 rings (SSSR count). The second-order valence-electron chi connectivity index (χ2n) is 6.17. The molecule has 0 aliphatic heterocycles. The van der Waals surface area contributed by atoms with Gasteiger partial charge in [-0.2, -0.15) is 10.4 Å². The highest BCUT2D eigenvalue weighted by molar-refractivity contribution is 6.39. The van der Waals surface area contributed by atoms with Crippen LogP contribution in [0.3, 0.4) is 0 Å². The number of rotatable bonds is 5. The fourth-order valence-electron chi connectivity index (χ4n) is 2.39. The second kappa shape index (κ2) is 10.1. The smallest absolute Gasteiger partial charge is 0.343 e. The van der Waals surface area contributed by atoms with E-state index in [1.54, 1.807) is 54.6 Å². The van der Waals surface area contributed by atoms with Crippen LogP contribution in [0.2, 0.25) is 0 Å². The highest BCUT2D eigenvalue weighted by Crippen LogP contribution is 2.13. The summed E-state index contributed by atoms with van der Waals surface area (Å²) in [7, 11) is 0. The number of carbonyl (C=O) groups is 3. The van der Waals surface area contributed by atoms with Gasteiger partial charge in [-0.25, -0.2) is 10.2 Å². The summed E-state index contributed by atoms with van der Waals surface area (Å²) in [5, 5.41) is 14.9. The second-order valence-corrected chi connectivity index (χ2v) is 6.17. The topological polar surface area (TPSA) is 121 Å². The number of hydrogen-bond donors (Lipinski definition) is 2. The maximum Gasteiger partial charge on any atom is 0.343 e. The van der Waals surface area contributed by atoms with E-state index in [1.807, 2.05) is 6.07 Å². The highest BCUT2D eigenvalue weighted by Gasteiger charge is 2.12. The van der Waals surface area contributed by atoms with Crippen molar-refractivity contribution in [3.8, 4) is 11.8 Å². The van der Waals surface area contributed by atoms with E-state index in [9.17, 15) is 14.4 Å². The molecule has 8 nitrogen and oxygen atoms in total. The first-order chi connectivity index (χ1) is 15.0. The van der Waals surface area contributed by atoms with E-state index in [-0.39, 0.29) is 0 Å². The zero-order valence-electron chi connectivity index (χ0n) is 16.1. The van der Waals surface area contributed by atoms with Gasteiger partial charge >= 0.3 is 17.8 Å². The third-order valence-corrected chi connectivity index (χ3v) is 3.96. The fraction of sp³-hybridized carbons (Fsp3) is 0. The van der Waals surface area contributed by atoms with Gasteiger partial charge in [0.25, 0.3) is 0 Å². The molecule has 0 radical (unpaired) electrons. The number of nitriles is 1. The molecule has 0 fully saturated rings. The van der Waals surface area contributed by atoms with Crippen molar-refractivity contribution in [2.75, 3.05) is 5.32 Å². The van der Waals surface area contributed by atoms with Crippen molar-refractivity contribution in [2.45, 2.75) is 0 Å². The van der Waals surface area contributed by atoms with Crippen LogP contribution >= 0.6 is 0 Å². The minimum atomic E-state index is -0.950. The number of nitrogens with zero attached hydrogens (tertiary/aromatic N) is 2. The maximum atomic E-state index is 12.0. The van der Waals surface area contributed by atoms with Crippen molar-refractivity contribution in [1.29, 1.82) is 5.26 Å². The number of esters is 1.